The highest BCUT2D eigenvalue weighted by Crippen LogP contribution is 2.32. The second kappa shape index (κ2) is 5.63. The molecule has 1 atom stereocenters. The van der Waals surface area contributed by atoms with Crippen LogP contribution in [0.25, 0.3) is 0 Å². The number of hydroxylamine groups is 2. The Labute approximate surface area is 119 Å². The van der Waals surface area contributed by atoms with Crippen LogP contribution in [0.2, 0.25) is 0 Å². The van der Waals surface area contributed by atoms with Gasteiger partial charge in [-0.15, -0.1) is 5.06 Å². The standard InChI is InChI=1S/C15H20N2O3/c1-9-6-10(2)14(11(3)7-9)15-16-12(20-17(15)4)8-13(18)19-5/h6-7,15H,8H2,1-5H3. The number of carbonyl (C=O) groups is 1. The van der Waals surface area contributed by atoms with Gasteiger partial charge in [0.05, 0.1) is 7.11 Å². The molecule has 1 aliphatic rings. The molecule has 0 spiro atoms. The minimum absolute atomic E-state index is 0.0568. The number of aliphatic imine (C=N–C) groups is 1. The van der Waals surface area contributed by atoms with E-state index in [0.717, 1.165) is 5.56 Å². The third-order valence-corrected chi connectivity index (χ3v) is 3.38. The molecule has 5 heteroatoms. The lowest BCUT2D eigenvalue weighted by Gasteiger charge is -2.20. The van der Waals surface area contributed by atoms with E-state index in [9.17, 15) is 4.79 Å². The van der Waals surface area contributed by atoms with Crippen LogP contribution in [0.15, 0.2) is 17.1 Å². The molecule has 1 aliphatic heterocycles. The zero-order valence-corrected chi connectivity index (χ0v) is 12.6. The lowest BCUT2D eigenvalue weighted by atomic mass is 9.97. The maximum atomic E-state index is 11.3. The zero-order chi connectivity index (χ0) is 14.9. The van der Waals surface area contributed by atoms with Crippen molar-refractivity contribution in [2.45, 2.75) is 33.4 Å². The first-order chi connectivity index (χ1) is 9.42. The maximum absolute atomic E-state index is 11.3. The number of hydrogen-bond acceptors (Lipinski definition) is 5. The number of nitrogens with zero attached hydrogens (tertiary/aromatic N) is 2. The molecule has 0 aliphatic carbocycles. The van der Waals surface area contributed by atoms with E-state index in [2.05, 4.69) is 42.6 Å². The molecule has 20 heavy (non-hydrogen) atoms. The van der Waals surface area contributed by atoms with Crippen LogP contribution in [0.1, 0.15) is 34.8 Å². The molecule has 1 aromatic carbocycles. The topological polar surface area (TPSA) is 51.1 Å². The van der Waals surface area contributed by atoms with Crippen LogP contribution in [-0.4, -0.2) is 31.1 Å². The summed E-state index contributed by atoms with van der Waals surface area (Å²) in [6.45, 7) is 6.21. The second-order valence-electron chi connectivity index (χ2n) is 5.10. The van der Waals surface area contributed by atoms with Gasteiger partial charge in [-0.2, -0.15) is 0 Å². The van der Waals surface area contributed by atoms with Crippen LogP contribution in [0.4, 0.5) is 0 Å². The van der Waals surface area contributed by atoms with Crippen molar-refractivity contribution in [1.29, 1.82) is 0 Å². The molecule has 0 saturated carbocycles. The molecule has 5 nitrogen and oxygen atoms in total. The first kappa shape index (κ1) is 14.5. The van der Waals surface area contributed by atoms with Gasteiger partial charge in [0.1, 0.15) is 6.42 Å². The van der Waals surface area contributed by atoms with E-state index in [4.69, 9.17) is 4.84 Å². The van der Waals surface area contributed by atoms with E-state index in [1.54, 1.807) is 5.06 Å². The summed E-state index contributed by atoms with van der Waals surface area (Å²) in [4.78, 5) is 21.3. The molecular weight excluding hydrogens is 256 g/mol. The lowest BCUT2D eigenvalue weighted by molar-refractivity contribution is -0.140. The number of hydrogen-bond donors (Lipinski definition) is 0. The van der Waals surface area contributed by atoms with Crippen molar-refractivity contribution < 1.29 is 14.4 Å². The molecule has 0 radical (unpaired) electrons. The minimum atomic E-state index is -0.352. The molecule has 108 valence electrons. The van der Waals surface area contributed by atoms with E-state index < -0.39 is 0 Å². The fourth-order valence-corrected chi connectivity index (χ4v) is 2.58. The molecule has 1 heterocycles. The summed E-state index contributed by atoms with van der Waals surface area (Å²) in [6.07, 6.45) is -0.156. The number of esters is 1. The van der Waals surface area contributed by atoms with Gasteiger partial charge in [-0.05, 0) is 31.9 Å². The molecule has 0 fully saturated rings. The van der Waals surface area contributed by atoms with Crippen LogP contribution in [0.3, 0.4) is 0 Å². The quantitative estimate of drug-likeness (QED) is 0.796. The highest BCUT2D eigenvalue weighted by Gasteiger charge is 2.30. The number of carbonyl (C=O) groups excluding carboxylic acids is 1. The first-order valence-corrected chi connectivity index (χ1v) is 6.54. The van der Waals surface area contributed by atoms with E-state index in [1.807, 2.05) is 7.05 Å². The van der Waals surface area contributed by atoms with Crippen LogP contribution < -0.4 is 0 Å². The van der Waals surface area contributed by atoms with Crippen molar-refractivity contribution in [3.05, 3.63) is 34.4 Å². The molecule has 1 unspecified atom stereocenters. The van der Waals surface area contributed by atoms with Gasteiger partial charge in [-0.25, -0.2) is 4.99 Å². The van der Waals surface area contributed by atoms with Gasteiger partial charge >= 0.3 is 5.97 Å². The molecule has 2 rings (SSSR count). The van der Waals surface area contributed by atoms with Gasteiger partial charge in [0.2, 0.25) is 5.90 Å². The van der Waals surface area contributed by atoms with Crippen molar-refractivity contribution in [2.24, 2.45) is 4.99 Å². The summed E-state index contributed by atoms with van der Waals surface area (Å²) in [6, 6.07) is 4.26. The lowest BCUT2D eigenvalue weighted by Crippen LogP contribution is -2.21. The van der Waals surface area contributed by atoms with Gasteiger partial charge in [0.15, 0.2) is 6.17 Å². The molecule has 0 aromatic heterocycles. The van der Waals surface area contributed by atoms with Gasteiger partial charge < -0.3 is 9.57 Å². The van der Waals surface area contributed by atoms with Crippen LogP contribution in [0.5, 0.6) is 0 Å². The molecule has 0 bridgehead atoms. The van der Waals surface area contributed by atoms with Crippen LogP contribution in [-0.2, 0) is 14.4 Å². The van der Waals surface area contributed by atoms with E-state index in [-0.39, 0.29) is 18.6 Å². The van der Waals surface area contributed by atoms with Crippen LogP contribution in [0, 0.1) is 20.8 Å². The van der Waals surface area contributed by atoms with Crippen molar-refractivity contribution in [3.63, 3.8) is 0 Å². The highest BCUT2D eigenvalue weighted by molar-refractivity contribution is 5.94. The Kier molecular flexibility index (Phi) is 4.09. The highest BCUT2D eigenvalue weighted by atomic mass is 16.7. The Bertz CT molecular complexity index is 543. The third-order valence-electron chi connectivity index (χ3n) is 3.38. The summed E-state index contributed by atoms with van der Waals surface area (Å²) >= 11 is 0. The maximum Gasteiger partial charge on any atom is 0.315 e. The fraction of sp³-hybridized carbons (Fsp3) is 0.467. The predicted molar refractivity (Wildman–Crippen MR) is 76.3 cm³/mol. The van der Waals surface area contributed by atoms with Gasteiger partial charge in [0, 0.05) is 12.6 Å². The smallest absolute Gasteiger partial charge is 0.315 e. The predicted octanol–water partition coefficient (Wildman–Crippen LogP) is 2.45. The monoisotopic (exact) mass is 276 g/mol. The van der Waals surface area contributed by atoms with E-state index in [1.165, 1.54) is 23.8 Å². The summed E-state index contributed by atoms with van der Waals surface area (Å²) in [5.74, 6) is 0.0406. The molecular formula is C15H20N2O3. The van der Waals surface area contributed by atoms with Crippen molar-refractivity contribution in [1.82, 2.24) is 5.06 Å². The molecule has 1 aromatic rings. The summed E-state index contributed by atoms with van der Waals surface area (Å²) < 4.78 is 4.63. The second-order valence-corrected chi connectivity index (χ2v) is 5.10. The third kappa shape index (κ3) is 2.82. The average Bonchev–Trinajstić information content (AvgIpc) is 2.69. The molecule has 0 N–H and O–H groups in total. The van der Waals surface area contributed by atoms with Crippen molar-refractivity contribution >= 4 is 11.9 Å². The van der Waals surface area contributed by atoms with Crippen LogP contribution >= 0.6 is 0 Å². The Morgan fingerprint density at radius 1 is 1.35 bits per heavy atom. The molecule has 0 saturated heterocycles. The normalized spacial score (nSPS) is 18.6. The largest absolute Gasteiger partial charge is 0.469 e. The number of methoxy groups -OCH3 is 1. The zero-order valence-electron chi connectivity index (χ0n) is 12.6. The number of benzene rings is 1. The molecule has 0 amide bonds. The minimum Gasteiger partial charge on any atom is -0.469 e. The Morgan fingerprint density at radius 3 is 2.50 bits per heavy atom. The Morgan fingerprint density at radius 2 is 1.95 bits per heavy atom. The van der Waals surface area contributed by atoms with Gasteiger partial charge in [-0.3, -0.25) is 4.79 Å². The number of ether oxygens (including phenoxy) is 1. The van der Waals surface area contributed by atoms with Crippen molar-refractivity contribution in [3.8, 4) is 0 Å². The fourth-order valence-electron chi connectivity index (χ4n) is 2.58. The summed E-state index contributed by atoms with van der Waals surface area (Å²) in [5, 5.41) is 1.67. The Hall–Kier alpha value is -1.88. The number of aryl methyl sites for hydroxylation is 3. The van der Waals surface area contributed by atoms with Crippen molar-refractivity contribution in [2.75, 3.05) is 14.2 Å². The SMILES string of the molecule is COC(=O)CC1=NC(c2c(C)cc(C)cc2C)N(C)O1. The summed E-state index contributed by atoms with van der Waals surface area (Å²) in [5.41, 5.74) is 4.69. The first-order valence-electron chi connectivity index (χ1n) is 6.54. The Balaban J connectivity index is 2.31. The van der Waals surface area contributed by atoms with E-state index >= 15 is 0 Å². The number of rotatable bonds is 3. The van der Waals surface area contributed by atoms with Gasteiger partial charge in [0.25, 0.3) is 0 Å². The van der Waals surface area contributed by atoms with E-state index in [0.29, 0.717) is 5.90 Å². The van der Waals surface area contributed by atoms with Gasteiger partial charge in [-0.1, -0.05) is 17.7 Å². The summed E-state index contributed by atoms with van der Waals surface area (Å²) in [7, 11) is 3.17. The average molecular weight is 276 g/mol.